The Morgan fingerprint density at radius 1 is 1.27 bits per heavy atom. The van der Waals surface area contributed by atoms with Gasteiger partial charge in [-0.25, -0.2) is 4.57 Å². The third-order valence-electron chi connectivity index (χ3n) is 3.35. The van der Waals surface area contributed by atoms with Crippen molar-refractivity contribution in [2.45, 2.75) is 13.5 Å². The summed E-state index contributed by atoms with van der Waals surface area (Å²) >= 11 is 0. The number of imidazole rings is 1. The highest BCUT2D eigenvalue weighted by molar-refractivity contribution is 6.06. The van der Waals surface area contributed by atoms with Crippen LogP contribution in [0.25, 0.3) is 11.2 Å². The first-order valence-electron chi connectivity index (χ1n) is 6.76. The van der Waals surface area contributed by atoms with Crippen molar-refractivity contribution >= 4 is 22.9 Å². The molecule has 0 aliphatic carbocycles. The predicted octanol–water partition coefficient (Wildman–Crippen LogP) is -1.47. The van der Waals surface area contributed by atoms with Crippen LogP contribution in [0, 0.1) is 0 Å². The van der Waals surface area contributed by atoms with Crippen molar-refractivity contribution in [1.29, 1.82) is 0 Å². The summed E-state index contributed by atoms with van der Waals surface area (Å²) in [5.41, 5.74) is 2.21. The quantitative estimate of drug-likeness (QED) is 0.425. The fourth-order valence-electron chi connectivity index (χ4n) is 2.32. The van der Waals surface area contributed by atoms with Crippen LogP contribution in [-0.4, -0.2) is 20.4 Å². The number of amides is 1. The third kappa shape index (κ3) is 2.94. The van der Waals surface area contributed by atoms with Crippen LogP contribution in [0.15, 0.2) is 43.0 Å². The molecule has 0 unspecified atom stereocenters. The largest absolute Gasteiger partial charge is 1.00 e. The smallest absolute Gasteiger partial charge is 0.307 e. The molecule has 1 aromatic carbocycles. The lowest BCUT2D eigenvalue weighted by atomic mass is 10.2. The number of nitrogens with one attached hydrogen (secondary N) is 1. The summed E-state index contributed by atoms with van der Waals surface area (Å²) in [4.78, 5) is 20.8. The SMILES string of the molecule is CC[n+]1cn(C)c2c(NC(=O)c3ccccc3)ncnc21.[I-]. The fourth-order valence-corrected chi connectivity index (χ4v) is 2.32. The molecule has 1 N–H and O–H groups in total. The van der Waals surface area contributed by atoms with Gasteiger partial charge in [-0.2, -0.15) is 4.98 Å². The van der Waals surface area contributed by atoms with Gasteiger partial charge in [0, 0.05) is 5.56 Å². The van der Waals surface area contributed by atoms with Gasteiger partial charge >= 0.3 is 5.65 Å². The van der Waals surface area contributed by atoms with E-state index in [-0.39, 0.29) is 29.9 Å². The molecular weight excluding hydrogens is 393 g/mol. The van der Waals surface area contributed by atoms with Crippen LogP contribution >= 0.6 is 0 Å². The molecule has 0 atom stereocenters. The number of halogens is 1. The van der Waals surface area contributed by atoms with Crippen molar-refractivity contribution in [3.63, 3.8) is 0 Å². The molecule has 0 aliphatic rings. The molecule has 0 fully saturated rings. The average Bonchev–Trinajstić information content (AvgIpc) is 2.85. The Morgan fingerprint density at radius 2 is 2.00 bits per heavy atom. The molecule has 3 aromatic rings. The number of carbonyl (C=O) groups excluding carboxylic acids is 1. The van der Waals surface area contributed by atoms with Gasteiger partial charge in [0.05, 0.1) is 13.6 Å². The second-order valence-corrected chi connectivity index (χ2v) is 4.73. The van der Waals surface area contributed by atoms with E-state index < -0.39 is 0 Å². The number of carbonyl (C=O) groups is 1. The minimum absolute atomic E-state index is 0. The summed E-state index contributed by atoms with van der Waals surface area (Å²) in [5, 5.41) is 2.86. The van der Waals surface area contributed by atoms with E-state index >= 15 is 0 Å². The Hall–Kier alpha value is -2.03. The first kappa shape index (κ1) is 16.3. The van der Waals surface area contributed by atoms with Crippen molar-refractivity contribution in [3.05, 3.63) is 48.5 Å². The molecule has 0 aliphatic heterocycles. The molecule has 22 heavy (non-hydrogen) atoms. The standard InChI is InChI=1S/C15H15N5O.HI/c1-3-20-10-19(2)12-13(16-9-17-14(12)20)18-15(21)11-7-5-4-6-8-11;/h4-10H,3H2,1-2H3;1H. The third-order valence-corrected chi connectivity index (χ3v) is 3.35. The van der Waals surface area contributed by atoms with Crippen molar-refractivity contribution in [2.75, 3.05) is 5.32 Å². The number of fused-ring (bicyclic) bond motifs is 1. The number of hydrogen-bond donors (Lipinski definition) is 1. The van der Waals surface area contributed by atoms with Crippen molar-refractivity contribution in [1.82, 2.24) is 14.5 Å². The van der Waals surface area contributed by atoms with Crippen LogP contribution in [0.1, 0.15) is 17.3 Å². The van der Waals surface area contributed by atoms with Crippen LogP contribution in [-0.2, 0) is 13.6 Å². The summed E-state index contributed by atoms with van der Waals surface area (Å²) in [7, 11) is 1.91. The number of aromatic nitrogens is 4. The van der Waals surface area contributed by atoms with E-state index in [0.717, 1.165) is 17.7 Å². The van der Waals surface area contributed by atoms with E-state index in [1.807, 2.05) is 47.6 Å². The molecule has 0 bridgehead atoms. The number of hydrogen-bond acceptors (Lipinski definition) is 3. The van der Waals surface area contributed by atoms with Gasteiger partial charge in [0.25, 0.3) is 5.91 Å². The van der Waals surface area contributed by atoms with Crippen LogP contribution in [0.5, 0.6) is 0 Å². The molecular formula is C15H16IN5O. The van der Waals surface area contributed by atoms with E-state index in [1.54, 1.807) is 12.1 Å². The fraction of sp³-hybridized carbons (Fsp3) is 0.200. The predicted molar refractivity (Wildman–Crippen MR) is 78.8 cm³/mol. The Bertz CT molecular complexity index is 800. The molecule has 1 amide bonds. The molecule has 0 saturated heterocycles. The van der Waals surface area contributed by atoms with Gasteiger partial charge in [0.1, 0.15) is 0 Å². The Morgan fingerprint density at radius 3 is 2.68 bits per heavy atom. The Kier molecular flexibility index (Phi) is 5.07. The molecule has 3 rings (SSSR count). The van der Waals surface area contributed by atoms with Gasteiger partial charge in [-0.1, -0.05) is 23.2 Å². The molecule has 114 valence electrons. The summed E-state index contributed by atoms with van der Waals surface area (Å²) < 4.78 is 3.93. The van der Waals surface area contributed by atoms with Gasteiger partial charge in [-0.05, 0) is 19.1 Å². The molecule has 6 nitrogen and oxygen atoms in total. The molecule has 0 spiro atoms. The highest BCUT2D eigenvalue weighted by atomic mass is 127. The van der Waals surface area contributed by atoms with Crippen LogP contribution < -0.4 is 33.9 Å². The number of benzene rings is 1. The number of aryl methyl sites for hydroxylation is 2. The topological polar surface area (TPSA) is 63.7 Å². The average molecular weight is 409 g/mol. The zero-order valence-corrected chi connectivity index (χ0v) is 14.5. The molecule has 2 aromatic heterocycles. The minimum Gasteiger partial charge on any atom is -1.00 e. The van der Waals surface area contributed by atoms with Crippen LogP contribution in [0.2, 0.25) is 0 Å². The lowest BCUT2D eigenvalue weighted by Gasteiger charge is -2.03. The van der Waals surface area contributed by atoms with Gasteiger partial charge in [-0.15, -0.1) is 0 Å². The number of anilines is 1. The lowest BCUT2D eigenvalue weighted by Crippen LogP contribution is -3.00. The first-order valence-corrected chi connectivity index (χ1v) is 6.76. The van der Waals surface area contributed by atoms with E-state index in [2.05, 4.69) is 15.3 Å². The number of rotatable bonds is 3. The van der Waals surface area contributed by atoms with Gasteiger partial charge in [0.2, 0.25) is 5.52 Å². The zero-order valence-electron chi connectivity index (χ0n) is 12.3. The zero-order chi connectivity index (χ0) is 14.8. The summed E-state index contributed by atoms with van der Waals surface area (Å²) in [6, 6.07) is 9.08. The minimum atomic E-state index is -0.181. The van der Waals surface area contributed by atoms with E-state index in [1.165, 1.54) is 6.33 Å². The van der Waals surface area contributed by atoms with E-state index in [9.17, 15) is 4.79 Å². The van der Waals surface area contributed by atoms with Gasteiger partial charge < -0.3 is 29.3 Å². The Labute approximate surface area is 145 Å². The highest BCUT2D eigenvalue weighted by Crippen LogP contribution is 2.17. The van der Waals surface area contributed by atoms with Crippen molar-refractivity contribution < 1.29 is 33.3 Å². The monoisotopic (exact) mass is 409 g/mol. The summed E-state index contributed by atoms with van der Waals surface area (Å²) in [6.07, 6.45) is 3.41. The Balaban J connectivity index is 0.00000176. The maximum Gasteiger partial charge on any atom is 0.307 e. The second-order valence-electron chi connectivity index (χ2n) is 4.73. The summed E-state index contributed by atoms with van der Waals surface area (Å²) in [6.45, 7) is 2.85. The highest BCUT2D eigenvalue weighted by Gasteiger charge is 2.20. The first-order chi connectivity index (χ1) is 10.2. The number of nitrogens with zero attached hydrogens (tertiary/aromatic N) is 4. The molecule has 2 heterocycles. The van der Waals surface area contributed by atoms with Crippen molar-refractivity contribution in [3.8, 4) is 0 Å². The van der Waals surface area contributed by atoms with Crippen LogP contribution in [0.3, 0.4) is 0 Å². The molecule has 0 radical (unpaired) electrons. The normalized spacial score (nSPS) is 10.3. The van der Waals surface area contributed by atoms with Gasteiger partial charge in [0.15, 0.2) is 18.5 Å². The molecule has 0 saturated carbocycles. The maximum absolute atomic E-state index is 12.3. The molecule has 7 heteroatoms. The van der Waals surface area contributed by atoms with E-state index in [4.69, 9.17) is 0 Å². The lowest BCUT2D eigenvalue weighted by molar-refractivity contribution is -0.670. The van der Waals surface area contributed by atoms with Crippen LogP contribution in [0.4, 0.5) is 5.82 Å². The van der Waals surface area contributed by atoms with Gasteiger partial charge in [-0.3, -0.25) is 9.36 Å². The maximum atomic E-state index is 12.3. The van der Waals surface area contributed by atoms with Crippen molar-refractivity contribution in [2.24, 2.45) is 7.05 Å². The van der Waals surface area contributed by atoms with E-state index in [0.29, 0.717) is 11.4 Å². The summed E-state index contributed by atoms with van der Waals surface area (Å²) in [5.74, 6) is 0.336. The second kappa shape index (κ2) is 6.82.